The predicted octanol–water partition coefficient (Wildman–Crippen LogP) is 3.89. The van der Waals surface area contributed by atoms with Crippen molar-refractivity contribution in [1.29, 1.82) is 0 Å². The standard InChI is InChI=1S/C20H22BrNO4/c1-13-5-6-16(14(2)9-13)11-22(3)19(23)12-26-18-8-7-15(10-17(18)21)20(24)25-4/h5-10H,11-12H2,1-4H3. The average molecular weight is 420 g/mol. The molecular formula is C20H22BrNO4. The molecule has 0 saturated heterocycles. The molecule has 0 N–H and O–H groups in total. The second kappa shape index (κ2) is 8.85. The molecule has 0 aromatic heterocycles. The number of amides is 1. The zero-order valence-electron chi connectivity index (χ0n) is 15.3. The number of aryl methyl sites for hydroxylation is 2. The smallest absolute Gasteiger partial charge is 0.337 e. The number of likely N-dealkylation sites (N-methyl/N-ethyl adjacent to an activating group) is 1. The van der Waals surface area contributed by atoms with Gasteiger partial charge in [-0.25, -0.2) is 4.79 Å². The Bertz CT molecular complexity index is 819. The van der Waals surface area contributed by atoms with E-state index < -0.39 is 5.97 Å². The lowest BCUT2D eigenvalue weighted by Crippen LogP contribution is -2.31. The van der Waals surface area contributed by atoms with E-state index in [9.17, 15) is 9.59 Å². The molecule has 2 aromatic carbocycles. The molecule has 0 bridgehead atoms. The molecule has 138 valence electrons. The average Bonchev–Trinajstić information content (AvgIpc) is 2.61. The molecule has 0 aliphatic heterocycles. The number of nitrogens with zero attached hydrogens (tertiary/aromatic N) is 1. The lowest BCUT2D eigenvalue weighted by Gasteiger charge is -2.19. The Balaban J connectivity index is 1.96. The first-order valence-electron chi connectivity index (χ1n) is 8.12. The molecular weight excluding hydrogens is 398 g/mol. The van der Waals surface area contributed by atoms with Crippen molar-refractivity contribution in [2.24, 2.45) is 0 Å². The van der Waals surface area contributed by atoms with E-state index in [2.05, 4.69) is 26.7 Å². The number of methoxy groups -OCH3 is 1. The van der Waals surface area contributed by atoms with E-state index in [0.717, 1.165) is 11.1 Å². The minimum atomic E-state index is -0.429. The first-order valence-corrected chi connectivity index (χ1v) is 8.92. The summed E-state index contributed by atoms with van der Waals surface area (Å²) in [5, 5.41) is 0. The Morgan fingerprint density at radius 1 is 1.12 bits per heavy atom. The zero-order valence-corrected chi connectivity index (χ0v) is 16.9. The summed E-state index contributed by atoms with van der Waals surface area (Å²) >= 11 is 3.34. The molecule has 0 aliphatic carbocycles. The molecule has 0 fully saturated rings. The van der Waals surface area contributed by atoms with Crippen LogP contribution in [0.5, 0.6) is 5.75 Å². The summed E-state index contributed by atoms with van der Waals surface area (Å²) < 4.78 is 10.8. The molecule has 2 rings (SSSR count). The second-order valence-electron chi connectivity index (χ2n) is 6.11. The van der Waals surface area contributed by atoms with Crippen LogP contribution in [0.4, 0.5) is 0 Å². The van der Waals surface area contributed by atoms with Crippen LogP contribution >= 0.6 is 15.9 Å². The lowest BCUT2D eigenvalue weighted by molar-refractivity contribution is -0.132. The fourth-order valence-corrected chi connectivity index (χ4v) is 2.97. The predicted molar refractivity (Wildman–Crippen MR) is 103 cm³/mol. The van der Waals surface area contributed by atoms with Gasteiger partial charge in [-0.15, -0.1) is 0 Å². The van der Waals surface area contributed by atoms with Crippen molar-refractivity contribution < 1.29 is 19.1 Å². The first-order chi connectivity index (χ1) is 12.3. The van der Waals surface area contributed by atoms with E-state index >= 15 is 0 Å². The Morgan fingerprint density at radius 3 is 2.46 bits per heavy atom. The Kier molecular flexibility index (Phi) is 6.80. The van der Waals surface area contributed by atoms with Gasteiger partial charge in [0.2, 0.25) is 0 Å². The number of carbonyl (C=O) groups is 2. The van der Waals surface area contributed by atoms with Crippen molar-refractivity contribution in [3.63, 3.8) is 0 Å². The van der Waals surface area contributed by atoms with Gasteiger partial charge in [0.15, 0.2) is 6.61 Å². The molecule has 0 radical (unpaired) electrons. The summed E-state index contributed by atoms with van der Waals surface area (Å²) in [5.41, 5.74) is 3.87. The fraction of sp³-hybridized carbons (Fsp3) is 0.300. The highest BCUT2D eigenvalue weighted by atomic mass is 79.9. The number of ether oxygens (including phenoxy) is 2. The Hall–Kier alpha value is -2.34. The van der Waals surface area contributed by atoms with E-state index in [0.29, 0.717) is 22.3 Å². The summed E-state index contributed by atoms with van der Waals surface area (Å²) in [4.78, 5) is 25.5. The van der Waals surface area contributed by atoms with Crippen molar-refractivity contribution in [1.82, 2.24) is 4.90 Å². The van der Waals surface area contributed by atoms with Crippen LogP contribution in [0.2, 0.25) is 0 Å². The van der Waals surface area contributed by atoms with Gasteiger partial charge in [0.05, 0.1) is 17.1 Å². The van der Waals surface area contributed by atoms with Crippen LogP contribution in [0.25, 0.3) is 0 Å². The van der Waals surface area contributed by atoms with E-state index in [1.807, 2.05) is 26.0 Å². The third kappa shape index (κ3) is 5.08. The van der Waals surface area contributed by atoms with E-state index in [1.165, 1.54) is 12.7 Å². The van der Waals surface area contributed by atoms with Gasteiger partial charge in [0.25, 0.3) is 5.91 Å². The monoisotopic (exact) mass is 419 g/mol. The van der Waals surface area contributed by atoms with Crippen molar-refractivity contribution in [3.05, 3.63) is 63.1 Å². The quantitative estimate of drug-likeness (QED) is 0.666. The van der Waals surface area contributed by atoms with Gasteiger partial charge < -0.3 is 14.4 Å². The first kappa shape index (κ1) is 20.0. The summed E-state index contributed by atoms with van der Waals surface area (Å²) in [6, 6.07) is 11.0. The number of esters is 1. The van der Waals surface area contributed by atoms with E-state index in [-0.39, 0.29) is 12.5 Å². The fourth-order valence-electron chi connectivity index (χ4n) is 2.48. The Morgan fingerprint density at radius 2 is 1.85 bits per heavy atom. The number of halogens is 1. The van der Waals surface area contributed by atoms with Crippen molar-refractivity contribution >= 4 is 27.8 Å². The lowest BCUT2D eigenvalue weighted by atomic mass is 10.1. The van der Waals surface area contributed by atoms with Gasteiger partial charge in [-0.3, -0.25) is 4.79 Å². The maximum atomic E-state index is 12.3. The number of hydrogen-bond donors (Lipinski definition) is 0. The molecule has 26 heavy (non-hydrogen) atoms. The zero-order chi connectivity index (χ0) is 19.3. The molecule has 0 atom stereocenters. The molecule has 0 aliphatic rings. The van der Waals surface area contributed by atoms with Gasteiger partial charge in [-0.1, -0.05) is 23.8 Å². The SMILES string of the molecule is COC(=O)c1ccc(OCC(=O)N(C)Cc2ccc(C)cc2C)c(Br)c1. The third-order valence-corrected chi connectivity index (χ3v) is 4.66. The minimum absolute atomic E-state index is 0.0857. The van der Waals surface area contributed by atoms with Gasteiger partial charge in [-0.05, 0) is 59.1 Å². The topological polar surface area (TPSA) is 55.8 Å². The second-order valence-corrected chi connectivity index (χ2v) is 6.96. The number of benzene rings is 2. The number of carbonyl (C=O) groups excluding carboxylic acids is 2. The number of rotatable bonds is 6. The molecule has 2 aromatic rings. The van der Waals surface area contributed by atoms with Crippen LogP contribution < -0.4 is 4.74 Å². The molecule has 0 unspecified atom stereocenters. The highest BCUT2D eigenvalue weighted by Crippen LogP contribution is 2.26. The van der Waals surface area contributed by atoms with Crippen LogP contribution in [0.3, 0.4) is 0 Å². The minimum Gasteiger partial charge on any atom is -0.483 e. The summed E-state index contributed by atoms with van der Waals surface area (Å²) in [6.07, 6.45) is 0. The number of hydrogen-bond acceptors (Lipinski definition) is 4. The molecule has 0 heterocycles. The highest BCUT2D eigenvalue weighted by Gasteiger charge is 2.14. The van der Waals surface area contributed by atoms with Gasteiger partial charge in [0.1, 0.15) is 5.75 Å². The van der Waals surface area contributed by atoms with Crippen molar-refractivity contribution in [2.75, 3.05) is 20.8 Å². The summed E-state index contributed by atoms with van der Waals surface area (Å²) in [6.45, 7) is 4.52. The van der Waals surface area contributed by atoms with Gasteiger partial charge in [0, 0.05) is 13.6 Å². The molecule has 0 saturated carbocycles. The Labute approximate surface area is 162 Å². The normalized spacial score (nSPS) is 10.3. The van der Waals surface area contributed by atoms with Crippen molar-refractivity contribution in [3.8, 4) is 5.75 Å². The summed E-state index contributed by atoms with van der Waals surface area (Å²) in [7, 11) is 3.07. The largest absolute Gasteiger partial charge is 0.483 e. The molecule has 1 amide bonds. The van der Waals surface area contributed by atoms with Crippen LogP contribution in [-0.4, -0.2) is 37.5 Å². The van der Waals surface area contributed by atoms with Crippen LogP contribution in [-0.2, 0) is 16.1 Å². The molecule has 0 spiro atoms. The van der Waals surface area contributed by atoms with Gasteiger partial charge in [-0.2, -0.15) is 0 Å². The van der Waals surface area contributed by atoms with Crippen LogP contribution in [0.15, 0.2) is 40.9 Å². The maximum absolute atomic E-state index is 12.3. The van der Waals surface area contributed by atoms with Crippen LogP contribution in [0, 0.1) is 13.8 Å². The van der Waals surface area contributed by atoms with Crippen LogP contribution in [0.1, 0.15) is 27.0 Å². The molecule has 5 nitrogen and oxygen atoms in total. The van der Waals surface area contributed by atoms with E-state index in [1.54, 1.807) is 30.1 Å². The van der Waals surface area contributed by atoms with E-state index in [4.69, 9.17) is 4.74 Å². The van der Waals surface area contributed by atoms with Gasteiger partial charge >= 0.3 is 5.97 Å². The summed E-state index contributed by atoms with van der Waals surface area (Å²) in [5.74, 6) is -0.0682. The maximum Gasteiger partial charge on any atom is 0.337 e. The molecule has 6 heteroatoms. The third-order valence-electron chi connectivity index (χ3n) is 4.04. The highest BCUT2D eigenvalue weighted by molar-refractivity contribution is 9.10. The van der Waals surface area contributed by atoms with Crippen molar-refractivity contribution in [2.45, 2.75) is 20.4 Å².